The van der Waals surface area contributed by atoms with Crippen LogP contribution in [0.3, 0.4) is 0 Å². The third kappa shape index (κ3) is 4.25. The maximum Gasteiger partial charge on any atom is 0.152 e. The molecule has 0 unspecified atom stereocenters. The van der Waals surface area contributed by atoms with Crippen molar-refractivity contribution in [3.8, 4) is 0 Å². The number of nitrogens with zero attached hydrogens (tertiary/aromatic N) is 4. The molecule has 0 saturated carbocycles. The van der Waals surface area contributed by atoms with Crippen LogP contribution in [0.2, 0.25) is 0 Å². The Morgan fingerprint density at radius 1 is 1.13 bits per heavy atom. The molecule has 0 radical (unpaired) electrons. The van der Waals surface area contributed by atoms with Crippen molar-refractivity contribution < 1.29 is 4.39 Å². The molecule has 1 saturated heterocycles. The largest absolute Gasteiger partial charge is 0.356 e. The minimum Gasteiger partial charge on any atom is -0.356 e. The Kier molecular flexibility index (Phi) is 4.80. The first kappa shape index (κ1) is 15.4. The Balaban J connectivity index is 1.69. The van der Waals surface area contributed by atoms with Gasteiger partial charge in [0.25, 0.3) is 0 Å². The number of piperidine rings is 1. The summed E-state index contributed by atoms with van der Waals surface area (Å²) in [5, 5.41) is 4.16. The Hall–Kier alpha value is -2.50. The molecule has 6 heteroatoms. The molecule has 1 N–H and O–H groups in total. The highest BCUT2D eigenvalue weighted by molar-refractivity contribution is 5.80. The van der Waals surface area contributed by atoms with Gasteiger partial charge in [0.1, 0.15) is 17.5 Å². The fourth-order valence-corrected chi connectivity index (χ4v) is 2.62. The van der Waals surface area contributed by atoms with E-state index in [1.165, 1.54) is 31.4 Å². The molecule has 23 heavy (non-hydrogen) atoms. The van der Waals surface area contributed by atoms with E-state index in [1.54, 1.807) is 18.3 Å². The van der Waals surface area contributed by atoms with E-state index in [-0.39, 0.29) is 5.82 Å². The quantitative estimate of drug-likeness (QED) is 0.694. The van der Waals surface area contributed by atoms with Crippen molar-refractivity contribution in [1.29, 1.82) is 0 Å². The summed E-state index contributed by atoms with van der Waals surface area (Å²) in [6.07, 6.45) is 5.33. The van der Waals surface area contributed by atoms with Crippen molar-refractivity contribution in [2.24, 2.45) is 5.10 Å². The summed E-state index contributed by atoms with van der Waals surface area (Å²) in [4.78, 5) is 11.2. The van der Waals surface area contributed by atoms with E-state index in [9.17, 15) is 4.39 Å². The van der Waals surface area contributed by atoms with E-state index in [4.69, 9.17) is 0 Å². The van der Waals surface area contributed by atoms with E-state index < -0.39 is 0 Å². The van der Waals surface area contributed by atoms with Crippen LogP contribution in [-0.4, -0.2) is 29.3 Å². The smallest absolute Gasteiger partial charge is 0.152 e. The highest BCUT2D eigenvalue weighted by atomic mass is 19.1. The lowest BCUT2D eigenvalue weighted by Gasteiger charge is -2.27. The molecule has 0 aliphatic carbocycles. The van der Waals surface area contributed by atoms with E-state index in [0.717, 1.165) is 24.5 Å². The van der Waals surface area contributed by atoms with Gasteiger partial charge < -0.3 is 4.90 Å². The van der Waals surface area contributed by atoms with Crippen LogP contribution in [0.1, 0.15) is 30.7 Å². The summed E-state index contributed by atoms with van der Waals surface area (Å²) in [5.41, 5.74) is 3.75. The second kappa shape index (κ2) is 7.17. The SMILES string of the molecule is Cc1nc(N/N=C/c2ccc(F)cc2)cc(N2CCCCC2)n1. The second-order valence-electron chi connectivity index (χ2n) is 5.63. The molecule has 1 fully saturated rings. The normalized spacial score (nSPS) is 15.1. The van der Waals surface area contributed by atoms with Crippen molar-refractivity contribution >= 4 is 17.9 Å². The Bertz CT molecular complexity index is 678. The predicted octanol–water partition coefficient (Wildman–Crippen LogP) is 3.36. The Morgan fingerprint density at radius 2 is 1.87 bits per heavy atom. The van der Waals surface area contributed by atoms with Gasteiger partial charge in [-0.3, -0.25) is 5.43 Å². The molecule has 1 aliphatic rings. The first-order valence-electron chi connectivity index (χ1n) is 7.86. The molecule has 0 spiro atoms. The van der Waals surface area contributed by atoms with Gasteiger partial charge in [0.15, 0.2) is 5.82 Å². The number of aryl methyl sites for hydroxylation is 1. The lowest BCUT2D eigenvalue weighted by atomic mass is 10.1. The summed E-state index contributed by atoms with van der Waals surface area (Å²) < 4.78 is 12.9. The zero-order chi connectivity index (χ0) is 16.1. The number of aromatic nitrogens is 2. The van der Waals surface area contributed by atoms with Crippen LogP contribution in [0.15, 0.2) is 35.4 Å². The predicted molar refractivity (Wildman–Crippen MR) is 90.4 cm³/mol. The van der Waals surface area contributed by atoms with Crippen LogP contribution in [0, 0.1) is 12.7 Å². The van der Waals surface area contributed by atoms with Gasteiger partial charge in [-0.2, -0.15) is 5.10 Å². The molecule has 120 valence electrons. The molecule has 0 bridgehead atoms. The Labute approximate surface area is 135 Å². The number of hydrogen-bond acceptors (Lipinski definition) is 5. The zero-order valence-electron chi connectivity index (χ0n) is 13.2. The standard InChI is InChI=1S/C17H20FN5/c1-13-20-16(11-17(21-13)23-9-3-2-4-10-23)22-19-12-14-5-7-15(18)8-6-14/h5-8,11-12H,2-4,9-10H2,1H3,(H,20,21,22)/b19-12+. The number of nitrogens with one attached hydrogen (secondary N) is 1. The summed E-state index contributed by atoms with van der Waals surface area (Å²) in [5.74, 6) is 2.06. The molecule has 0 atom stereocenters. The molecular weight excluding hydrogens is 293 g/mol. The van der Waals surface area contributed by atoms with E-state index >= 15 is 0 Å². The van der Waals surface area contributed by atoms with Crippen LogP contribution in [0.4, 0.5) is 16.0 Å². The van der Waals surface area contributed by atoms with Gasteiger partial charge in [-0.25, -0.2) is 14.4 Å². The fourth-order valence-electron chi connectivity index (χ4n) is 2.62. The number of hydrogen-bond donors (Lipinski definition) is 1. The first-order chi connectivity index (χ1) is 11.2. The summed E-state index contributed by atoms with van der Waals surface area (Å²) in [6.45, 7) is 3.95. The average Bonchev–Trinajstić information content (AvgIpc) is 2.57. The topological polar surface area (TPSA) is 53.4 Å². The summed E-state index contributed by atoms with van der Waals surface area (Å²) in [7, 11) is 0. The molecule has 0 amide bonds. The number of halogens is 1. The van der Waals surface area contributed by atoms with Crippen molar-refractivity contribution in [2.45, 2.75) is 26.2 Å². The van der Waals surface area contributed by atoms with E-state index in [0.29, 0.717) is 11.6 Å². The van der Waals surface area contributed by atoms with Gasteiger partial charge in [0.05, 0.1) is 6.21 Å². The van der Waals surface area contributed by atoms with E-state index in [1.807, 2.05) is 13.0 Å². The lowest BCUT2D eigenvalue weighted by molar-refractivity contribution is 0.572. The number of hydrazone groups is 1. The average molecular weight is 313 g/mol. The molecule has 1 aromatic carbocycles. The van der Waals surface area contributed by atoms with Crippen LogP contribution in [0.5, 0.6) is 0 Å². The number of rotatable bonds is 4. The van der Waals surface area contributed by atoms with Gasteiger partial charge in [0.2, 0.25) is 0 Å². The molecule has 3 rings (SSSR count). The molecule has 2 heterocycles. The molecule has 2 aromatic rings. The second-order valence-corrected chi connectivity index (χ2v) is 5.63. The first-order valence-corrected chi connectivity index (χ1v) is 7.86. The lowest BCUT2D eigenvalue weighted by Crippen LogP contribution is -2.30. The van der Waals surface area contributed by atoms with Gasteiger partial charge in [0, 0.05) is 19.2 Å². The highest BCUT2D eigenvalue weighted by Crippen LogP contribution is 2.20. The van der Waals surface area contributed by atoms with Gasteiger partial charge >= 0.3 is 0 Å². The van der Waals surface area contributed by atoms with Crippen LogP contribution >= 0.6 is 0 Å². The monoisotopic (exact) mass is 313 g/mol. The van der Waals surface area contributed by atoms with Crippen LogP contribution in [-0.2, 0) is 0 Å². The fraction of sp³-hybridized carbons (Fsp3) is 0.353. The van der Waals surface area contributed by atoms with Crippen LogP contribution in [0.25, 0.3) is 0 Å². The summed E-state index contributed by atoms with van der Waals surface area (Å²) in [6, 6.07) is 8.07. The highest BCUT2D eigenvalue weighted by Gasteiger charge is 2.13. The zero-order valence-corrected chi connectivity index (χ0v) is 13.2. The van der Waals surface area contributed by atoms with Crippen LogP contribution < -0.4 is 10.3 Å². The number of benzene rings is 1. The van der Waals surface area contributed by atoms with Gasteiger partial charge in [-0.1, -0.05) is 12.1 Å². The summed E-state index contributed by atoms with van der Waals surface area (Å²) >= 11 is 0. The Morgan fingerprint density at radius 3 is 2.61 bits per heavy atom. The van der Waals surface area contributed by atoms with Crippen molar-refractivity contribution in [1.82, 2.24) is 9.97 Å². The minimum absolute atomic E-state index is 0.257. The van der Waals surface area contributed by atoms with E-state index in [2.05, 4.69) is 25.4 Å². The number of anilines is 2. The maximum absolute atomic E-state index is 12.9. The van der Waals surface area contributed by atoms with Gasteiger partial charge in [-0.05, 0) is 43.9 Å². The third-order valence-electron chi connectivity index (χ3n) is 3.77. The van der Waals surface area contributed by atoms with Crippen molar-refractivity contribution in [2.75, 3.05) is 23.4 Å². The van der Waals surface area contributed by atoms with Crippen molar-refractivity contribution in [3.63, 3.8) is 0 Å². The van der Waals surface area contributed by atoms with Crippen molar-refractivity contribution in [3.05, 3.63) is 47.5 Å². The maximum atomic E-state index is 12.9. The third-order valence-corrected chi connectivity index (χ3v) is 3.77. The molecule has 1 aliphatic heterocycles. The van der Waals surface area contributed by atoms with Gasteiger partial charge in [-0.15, -0.1) is 0 Å². The minimum atomic E-state index is -0.257. The molecule has 1 aromatic heterocycles. The molecular formula is C17H20FN5. The molecule has 5 nitrogen and oxygen atoms in total.